The molecule has 1 aromatic heterocycles. The Morgan fingerprint density at radius 3 is 2.77 bits per heavy atom. The number of aromatic nitrogens is 2. The molecule has 3 rings (SSSR count). The number of ether oxygens (including phenoxy) is 1. The van der Waals surface area contributed by atoms with Crippen molar-refractivity contribution in [3.8, 4) is 5.75 Å². The summed E-state index contributed by atoms with van der Waals surface area (Å²) in [5.74, 6) is 0.758. The maximum Gasteiger partial charge on any atom is 0.226 e. The third-order valence-electron chi connectivity index (χ3n) is 3.77. The fourth-order valence-corrected chi connectivity index (χ4v) is 4.44. The largest absolute Gasteiger partial charge is 0.440 e. The summed E-state index contributed by atoms with van der Waals surface area (Å²) < 4.78 is 8.31. The second kappa shape index (κ2) is 8.91. The Morgan fingerprint density at radius 2 is 2.08 bits per heavy atom. The first-order valence-electron chi connectivity index (χ1n) is 7.87. The van der Waals surface area contributed by atoms with Gasteiger partial charge in [-0.05, 0) is 48.5 Å². The SMILES string of the molecule is Cc1ccccc1OC(=S)SC(Cn1ccnc1)c1ccc(Cl)cc1Cl. The Bertz CT molecular complexity index is 900. The van der Waals surface area contributed by atoms with Crippen molar-refractivity contribution in [1.29, 1.82) is 0 Å². The van der Waals surface area contributed by atoms with Crippen LogP contribution in [0, 0.1) is 6.92 Å². The van der Waals surface area contributed by atoms with Gasteiger partial charge in [0.1, 0.15) is 5.75 Å². The standard InChI is InChI=1S/C19H16Cl2N2OS2/c1-13-4-2-3-5-17(13)24-19(25)26-18(11-23-9-8-22-12-23)15-7-6-14(20)10-16(15)21/h2-10,12,18H,11H2,1H3. The zero-order chi connectivity index (χ0) is 18.5. The Morgan fingerprint density at radius 1 is 1.27 bits per heavy atom. The quantitative estimate of drug-likeness (QED) is 0.448. The predicted molar refractivity (Wildman–Crippen MR) is 113 cm³/mol. The van der Waals surface area contributed by atoms with Gasteiger partial charge in [-0.15, -0.1) is 0 Å². The summed E-state index contributed by atoms with van der Waals surface area (Å²) in [7, 11) is 0. The fraction of sp³-hybridized carbons (Fsp3) is 0.158. The number of halogens is 2. The Balaban J connectivity index is 1.81. The molecule has 134 valence electrons. The first-order valence-corrected chi connectivity index (χ1v) is 9.92. The zero-order valence-electron chi connectivity index (χ0n) is 13.9. The number of thioether (sulfide) groups is 1. The summed E-state index contributed by atoms with van der Waals surface area (Å²) in [5.41, 5.74) is 1.98. The van der Waals surface area contributed by atoms with E-state index in [0.29, 0.717) is 21.0 Å². The van der Waals surface area contributed by atoms with E-state index in [2.05, 4.69) is 4.98 Å². The van der Waals surface area contributed by atoms with E-state index < -0.39 is 0 Å². The van der Waals surface area contributed by atoms with Crippen LogP contribution >= 0.6 is 47.2 Å². The lowest BCUT2D eigenvalue weighted by Gasteiger charge is -2.19. The van der Waals surface area contributed by atoms with Gasteiger partial charge in [-0.3, -0.25) is 0 Å². The van der Waals surface area contributed by atoms with E-state index in [1.165, 1.54) is 11.8 Å². The Hall–Kier alpha value is -1.53. The molecule has 0 aliphatic heterocycles. The highest BCUT2D eigenvalue weighted by atomic mass is 35.5. The monoisotopic (exact) mass is 422 g/mol. The van der Waals surface area contributed by atoms with E-state index in [1.54, 1.807) is 18.6 Å². The average Bonchev–Trinajstić information content (AvgIpc) is 3.09. The van der Waals surface area contributed by atoms with E-state index in [0.717, 1.165) is 16.9 Å². The van der Waals surface area contributed by atoms with Crippen LogP contribution in [0.15, 0.2) is 61.2 Å². The van der Waals surface area contributed by atoms with E-state index in [-0.39, 0.29) is 5.25 Å². The van der Waals surface area contributed by atoms with Crippen molar-refractivity contribution in [2.24, 2.45) is 0 Å². The number of benzene rings is 2. The zero-order valence-corrected chi connectivity index (χ0v) is 17.1. The van der Waals surface area contributed by atoms with Gasteiger partial charge in [0, 0.05) is 29.0 Å². The number of rotatable bonds is 5. The molecule has 0 radical (unpaired) electrons. The lowest BCUT2D eigenvalue weighted by atomic mass is 10.1. The van der Waals surface area contributed by atoms with Crippen LogP contribution in [-0.4, -0.2) is 13.9 Å². The first-order chi connectivity index (χ1) is 12.5. The van der Waals surface area contributed by atoms with Crippen LogP contribution in [0.3, 0.4) is 0 Å². The minimum absolute atomic E-state index is 0.0366. The third kappa shape index (κ3) is 5.01. The topological polar surface area (TPSA) is 27.1 Å². The molecular formula is C19H16Cl2N2OS2. The normalized spacial score (nSPS) is 12.0. The highest BCUT2D eigenvalue weighted by molar-refractivity contribution is 8.22. The summed E-state index contributed by atoms with van der Waals surface area (Å²) >= 11 is 19.4. The Kier molecular flexibility index (Phi) is 6.59. The fourth-order valence-electron chi connectivity index (χ4n) is 2.45. The maximum absolute atomic E-state index is 6.43. The number of aryl methyl sites for hydroxylation is 1. The van der Waals surface area contributed by atoms with Gasteiger partial charge in [0.25, 0.3) is 0 Å². The van der Waals surface area contributed by atoms with Gasteiger partial charge in [0.15, 0.2) is 0 Å². The van der Waals surface area contributed by atoms with Gasteiger partial charge in [-0.25, -0.2) is 4.98 Å². The molecule has 0 saturated heterocycles. The molecule has 3 aromatic rings. The summed E-state index contributed by atoms with van der Waals surface area (Å²) in [4.78, 5) is 4.10. The van der Waals surface area contributed by atoms with Crippen LogP contribution in [0.25, 0.3) is 0 Å². The van der Waals surface area contributed by atoms with E-state index in [9.17, 15) is 0 Å². The number of nitrogens with zero attached hydrogens (tertiary/aromatic N) is 2. The van der Waals surface area contributed by atoms with Crippen LogP contribution in [0.1, 0.15) is 16.4 Å². The van der Waals surface area contributed by atoms with Crippen molar-refractivity contribution in [2.45, 2.75) is 18.7 Å². The van der Waals surface area contributed by atoms with Crippen LogP contribution < -0.4 is 4.74 Å². The van der Waals surface area contributed by atoms with E-state index >= 15 is 0 Å². The van der Waals surface area contributed by atoms with Crippen molar-refractivity contribution >= 4 is 51.6 Å². The molecule has 2 aromatic carbocycles. The highest BCUT2D eigenvalue weighted by Gasteiger charge is 2.20. The second-order valence-electron chi connectivity index (χ2n) is 5.65. The molecule has 3 nitrogen and oxygen atoms in total. The molecule has 0 aliphatic rings. The van der Waals surface area contributed by atoms with Crippen LogP contribution in [-0.2, 0) is 6.54 Å². The molecule has 0 amide bonds. The number of thiocarbonyl (C=S) groups is 1. The number of imidazole rings is 1. The summed E-state index contributed by atoms with van der Waals surface area (Å²) in [6.07, 6.45) is 5.42. The molecule has 1 unspecified atom stereocenters. The van der Waals surface area contributed by atoms with E-state index in [1.807, 2.05) is 54.1 Å². The van der Waals surface area contributed by atoms with Crippen LogP contribution in [0.2, 0.25) is 10.0 Å². The molecule has 0 N–H and O–H groups in total. The van der Waals surface area contributed by atoms with Crippen molar-refractivity contribution in [1.82, 2.24) is 9.55 Å². The lowest BCUT2D eigenvalue weighted by molar-refractivity contribution is 0.572. The third-order valence-corrected chi connectivity index (χ3v) is 5.67. The van der Waals surface area contributed by atoms with Gasteiger partial charge < -0.3 is 9.30 Å². The molecule has 1 atom stereocenters. The maximum atomic E-state index is 6.43. The predicted octanol–water partition coefficient (Wildman–Crippen LogP) is 6.34. The highest BCUT2D eigenvalue weighted by Crippen LogP contribution is 2.37. The van der Waals surface area contributed by atoms with Gasteiger partial charge >= 0.3 is 0 Å². The first kappa shape index (κ1) is 19.2. The molecule has 0 bridgehead atoms. The Labute approximate surface area is 172 Å². The van der Waals surface area contributed by atoms with Gasteiger partial charge in [0.2, 0.25) is 4.38 Å². The smallest absolute Gasteiger partial charge is 0.226 e. The minimum atomic E-state index is -0.0366. The molecule has 26 heavy (non-hydrogen) atoms. The van der Waals surface area contributed by atoms with Gasteiger partial charge in [-0.1, -0.05) is 59.2 Å². The average molecular weight is 423 g/mol. The number of hydrogen-bond acceptors (Lipinski definition) is 4. The number of hydrogen-bond donors (Lipinski definition) is 0. The van der Waals surface area contributed by atoms with Crippen LogP contribution in [0.4, 0.5) is 0 Å². The van der Waals surface area contributed by atoms with Crippen LogP contribution in [0.5, 0.6) is 5.75 Å². The van der Waals surface area contributed by atoms with Crippen molar-refractivity contribution < 1.29 is 4.74 Å². The van der Waals surface area contributed by atoms with Crippen molar-refractivity contribution in [3.63, 3.8) is 0 Å². The summed E-state index contributed by atoms with van der Waals surface area (Å²) in [6, 6.07) is 13.3. The number of para-hydroxylation sites is 1. The molecule has 0 fully saturated rings. The lowest BCUT2D eigenvalue weighted by Crippen LogP contribution is -2.11. The second-order valence-corrected chi connectivity index (χ2v) is 8.30. The van der Waals surface area contributed by atoms with Gasteiger partial charge in [-0.2, -0.15) is 0 Å². The van der Waals surface area contributed by atoms with Crippen molar-refractivity contribution in [2.75, 3.05) is 0 Å². The molecule has 0 saturated carbocycles. The molecule has 0 aliphatic carbocycles. The molecule has 0 spiro atoms. The van der Waals surface area contributed by atoms with E-state index in [4.69, 9.17) is 40.2 Å². The summed E-state index contributed by atoms with van der Waals surface area (Å²) in [6.45, 7) is 2.64. The molecular weight excluding hydrogens is 407 g/mol. The summed E-state index contributed by atoms with van der Waals surface area (Å²) in [5, 5.41) is 1.17. The minimum Gasteiger partial charge on any atom is -0.440 e. The molecule has 1 heterocycles. The van der Waals surface area contributed by atoms with Gasteiger partial charge in [0.05, 0.1) is 11.6 Å². The van der Waals surface area contributed by atoms with Crippen molar-refractivity contribution in [3.05, 3.63) is 82.4 Å². The molecule has 7 heteroatoms.